The minimum absolute atomic E-state index is 0.0165. The highest BCUT2D eigenvalue weighted by molar-refractivity contribution is 7.89. The zero-order chi connectivity index (χ0) is 19.6. The molecule has 27 heavy (non-hydrogen) atoms. The van der Waals surface area contributed by atoms with Gasteiger partial charge in [0.05, 0.1) is 13.7 Å². The lowest BCUT2D eigenvalue weighted by Crippen LogP contribution is -2.41. The van der Waals surface area contributed by atoms with Gasteiger partial charge in [0.25, 0.3) is 0 Å². The Hall–Kier alpha value is -1.93. The van der Waals surface area contributed by atoms with E-state index in [0.29, 0.717) is 19.4 Å². The summed E-state index contributed by atoms with van der Waals surface area (Å²) >= 11 is 0. The number of carbonyl (C=O) groups is 2. The zero-order valence-electron chi connectivity index (χ0n) is 15.6. The summed E-state index contributed by atoms with van der Waals surface area (Å²) in [6.07, 6.45) is 3.73. The predicted octanol–water partition coefficient (Wildman–Crippen LogP) is 1.93. The van der Waals surface area contributed by atoms with Crippen LogP contribution >= 0.6 is 0 Å². The van der Waals surface area contributed by atoms with E-state index in [2.05, 4.69) is 0 Å². The van der Waals surface area contributed by atoms with E-state index < -0.39 is 22.0 Å². The van der Waals surface area contributed by atoms with Crippen LogP contribution in [0.3, 0.4) is 0 Å². The predicted molar refractivity (Wildman–Crippen MR) is 97.9 cm³/mol. The second kappa shape index (κ2) is 7.98. The van der Waals surface area contributed by atoms with Gasteiger partial charge in [-0.15, -0.1) is 0 Å². The van der Waals surface area contributed by atoms with Crippen LogP contribution in [0.25, 0.3) is 0 Å². The molecule has 1 saturated carbocycles. The molecule has 1 aromatic carbocycles. The standard InChI is InChI=1S/C19H25NO6S/c1-13-5-8-18(17(10-13)26-12-15-7-6-14(15)11-21)27(23,24)20-9-3-4-16(20)19(22)25-2/h5,8,10-11,14-16H,3-4,6-7,9,12H2,1-2H3/t14-,15+,16+/m1/s1. The fourth-order valence-corrected chi connectivity index (χ4v) is 5.41. The molecule has 3 atom stereocenters. The third kappa shape index (κ3) is 3.87. The van der Waals surface area contributed by atoms with Crippen molar-refractivity contribution in [2.45, 2.75) is 43.5 Å². The van der Waals surface area contributed by atoms with Crippen LogP contribution < -0.4 is 4.74 Å². The molecule has 1 heterocycles. The Balaban J connectivity index is 1.86. The lowest BCUT2D eigenvalue weighted by Gasteiger charge is -2.32. The van der Waals surface area contributed by atoms with Gasteiger partial charge in [0, 0.05) is 18.4 Å². The van der Waals surface area contributed by atoms with Crippen molar-refractivity contribution in [2.24, 2.45) is 11.8 Å². The topological polar surface area (TPSA) is 90.0 Å². The number of aryl methyl sites for hydroxylation is 1. The van der Waals surface area contributed by atoms with Gasteiger partial charge in [-0.2, -0.15) is 4.31 Å². The fourth-order valence-electron chi connectivity index (χ4n) is 3.64. The molecule has 0 unspecified atom stereocenters. The lowest BCUT2D eigenvalue weighted by molar-refractivity contribution is -0.144. The molecule has 7 nitrogen and oxygen atoms in total. The van der Waals surface area contributed by atoms with Crippen LogP contribution in [0.5, 0.6) is 5.75 Å². The van der Waals surface area contributed by atoms with Gasteiger partial charge in [-0.1, -0.05) is 6.07 Å². The van der Waals surface area contributed by atoms with Crippen molar-refractivity contribution in [3.8, 4) is 5.75 Å². The highest BCUT2D eigenvalue weighted by Gasteiger charge is 2.41. The van der Waals surface area contributed by atoms with E-state index in [1.54, 1.807) is 12.1 Å². The number of carbonyl (C=O) groups excluding carboxylic acids is 2. The number of benzene rings is 1. The van der Waals surface area contributed by atoms with Gasteiger partial charge in [-0.05, 0) is 50.3 Å². The van der Waals surface area contributed by atoms with Crippen molar-refractivity contribution in [1.29, 1.82) is 0 Å². The molecule has 2 fully saturated rings. The average molecular weight is 395 g/mol. The smallest absolute Gasteiger partial charge is 0.324 e. The Bertz CT molecular complexity index is 821. The van der Waals surface area contributed by atoms with Crippen molar-refractivity contribution in [1.82, 2.24) is 4.31 Å². The first-order chi connectivity index (χ1) is 12.9. The van der Waals surface area contributed by atoms with Gasteiger partial charge in [-0.25, -0.2) is 8.42 Å². The molecule has 0 amide bonds. The number of hydrogen-bond donors (Lipinski definition) is 0. The maximum Gasteiger partial charge on any atom is 0.324 e. The van der Waals surface area contributed by atoms with Crippen molar-refractivity contribution >= 4 is 22.3 Å². The molecule has 1 aromatic rings. The van der Waals surface area contributed by atoms with Crippen molar-refractivity contribution in [3.63, 3.8) is 0 Å². The monoisotopic (exact) mass is 395 g/mol. The SMILES string of the molecule is COC(=O)[C@@H]1CCCN1S(=O)(=O)c1ccc(C)cc1OC[C@@H]1CC[C@@H]1C=O. The molecular formula is C19H25NO6S. The van der Waals surface area contributed by atoms with Crippen molar-refractivity contribution in [3.05, 3.63) is 23.8 Å². The fraction of sp³-hybridized carbons (Fsp3) is 0.579. The number of rotatable bonds is 7. The molecule has 3 rings (SSSR count). The summed E-state index contributed by atoms with van der Waals surface area (Å²) in [7, 11) is -2.65. The van der Waals surface area contributed by atoms with Gasteiger partial charge < -0.3 is 14.3 Å². The van der Waals surface area contributed by atoms with Gasteiger partial charge >= 0.3 is 5.97 Å². The Labute approximate surface area is 159 Å². The Morgan fingerprint density at radius 3 is 2.70 bits per heavy atom. The number of hydrogen-bond acceptors (Lipinski definition) is 6. The van der Waals surface area contributed by atoms with Crippen molar-refractivity contribution < 1.29 is 27.5 Å². The largest absolute Gasteiger partial charge is 0.492 e. The Morgan fingerprint density at radius 1 is 1.30 bits per heavy atom. The minimum atomic E-state index is -3.91. The normalized spacial score (nSPS) is 25.6. The van der Waals surface area contributed by atoms with E-state index in [-0.39, 0.29) is 29.0 Å². The summed E-state index contributed by atoms with van der Waals surface area (Å²) < 4.78 is 38.3. The average Bonchev–Trinajstić information content (AvgIpc) is 3.11. The summed E-state index contributed by atoms with van der Waals surface area (Å²) in [6.45, 7) is 2.43. The van der Waals surface area contributed by atoms with Crippen LogP contribution in [0.2, 0.25) is 0 Å². The van der Waals surface area contributed by atoms with E-state index >= 15 is 0 Å². The number of esters is 1. The van der Waals surface area contributed by atoms with Gasteiger partial charge in [-0.3, -0.25) is 4.79 Å². The van der Waals surface area contributed by atoms with Crippen LogP contribution in [0, 0.1) is 18.8 Å². The van der Waals surface area contributed by atoms with Crippen LogP contribution in [0.1, 0.15) is 31.2 Å². The van der Waals surface area contributed by atoms with Gasteiger partial charge in [0.2, 0.25) is 10.0 Å². The molecule has 1 aliphatic heterocycles. The molecule has 0 bridgehead atoms. The van der Waals surface area contributed by atoms with E-state index in [0.717, 1.165) is 24.7 Å². The summed E-state index contributed by atoms with van der Waals surface area (Å²) in [6, 6.07) is 4.11. The minimum Gasteiger partial charge on any atom is -0.492 e. The lowest BCUT2D eigenvalue weighted by atomic mass is 9.75. The molecule has 0 aromatic heterocycles. The van der Waals surface area contributed by atoms with E-state index in [1.165, 1.54) is 17.5 Å². The van der Waals surface area contributed by atoms with Gasteiger partial charge in [0.1, 0.15) is 23.0 Å². The molecule has 0 radical (unpaired) electrons. The zero-order valence-corrected chi connectivity index (χ0v) is 16.4. The first kappa shape index (κ1) is 19.8. The quantitative estimate of drug-likeness (QED) is 0.518. The van der Waals surface area contributed by atoms with Crippen LogP contribution in [0.15, 0.2) is 23.1 Å². The maximum absolute atomic E-state index is 13.2. The molecule has 1 saturated heterocycles. The summed E-state index contributed by atoms with van der Waals surface area (Å²) in [5, 5.41) is 0. The molecule has 0 spiro atoms. The molecular weight excluding hydrogens is 370 g/mol. The molecule has 8 heteroatoms. The Morgan fingerprint density at radius 2 is 2.07 bits per heavy atom. The molecule has 0 N–H and O–H groups in total. The highest BCUT2D eigenvalue weighted by atomic mass is 32.2. The Kier molecular flexibility index (Phi) is 5.86. The van der Waals surface area contributed by atoms with Crippen LogP contribution in [-0.2, 0) is 24.3 Å². The number of ether oxygens (including phenoxy) is 2. The first-order valence-electron chi connectivity index (χ1n) is 9.17. The third-order valence-electron chi connectivity index (χ3n) is 5.47. The second-order valence-electron chi connectivity index (χ2n) is 7.20. The molecule has 1 aliphatic carbocycles. The number of sulfonamides is 1. The number of nitrogens with zero attached hydrogens (tertiary/aromatic N) is 1. The van der Waals surface area contributed by atoms with Crippen LogP contribution in [-0.4, -0.2) is 51.3 Å². The summed E-state index contributed by atoms with van der Waals surface area (Å²) in [5.74, 6) is -0.179. The number of aldehydes is 1. The molecule has 2 aliphatic rings. The van der Waals surface area contributed by atoms with E-state index in [1.807, 2.05) is 6.92 Å². The third-order valence-corrected chi connectivity index (χ3v) is 7.41. The second-order valence-corrected chi connectivity index (χ2v) is 9.05. The van der Waals surface area contributed by atoms with E-state index in [4.69, 9.17) is 9.47 Å². The number of methoxy groups -OCH3 is 1. The summed E-state index contributed by atoms with van der Waals surface area (Å²) in [4.78, 5) is 23.0. The first-order valence-corrected chi connectivity index (χ1v) is 10.6. The van der Waals surface area contributed by atoms with Gasteiger partial charge in [0.15, 0.2) is 0 Å². The van der Waals surface area contributed by atoms with E-state index in [9.17, 15) is 18.0 Å². The highest BCUT2D eigenvalue weighted by Crippen LogP contribution is 2.36. The van der Waals surface area contributed by atoms with Crippen molar-refractivity contribution in [2.75, 3.05) is 20.3 Å². The van der Waals surface area contributed by atoms with Crippen LogP contribution in [0.4, 0.5) is 0 Å². The summed E-state index contributed by atoms with van der Waals surface area (Å²) in [5.41, 5.74) is 0.871. The molecule has 148 valence electrons. The maximum atomic E-state index is 13.2.